The van der Waals surface area contributed by atoms with Gasteiger partial charge in [-0.25, -0.2) is 23.4 Å². The van der Waals surface area contributed by atoms with Crippen LogP contribution in [-0.2, 0) is 30.9 Å². The van der Waals surface area contributed by atoms with Crippen LogP contribution in [0.15, 0.2) is 65.0 Å². The Bertz CT molecular complexity index is 1920. The van der Waals surface area contributed by atoms with E-state index in [4.69, 9.17) is 4.74 Å². The number of aromatic nitrogens is 4. The first-order valence-corrected chi connectivity index (χ1v) is 17.2. The molecule has 47 heavy (non-hydrogen) atoms. The van der Waals surface area contributed by atoms with Gasteiger partial charge in [-0.2, -0.15) is 4.72 Å². The van der Waals surface area contributed by atoms with Crippen molar-refractivity contribution in [1.82, 2.24) is 34.9 Å². The van der Waals surface area contributed by atoms with Gasteiger partial charge in [-0.05, 0) is 51.5 Å². The number of nitrogens with zero attached hydrogens (tertiary/aromatic N) is 6. The fraction of sp³-hybridized carbons (Fsp3) is 0.438. The van der Waals surface area contributed by atoms with Crippen LogP contribution in [0.25, 0.3) is 21.9 Å². The minimum Gasteiger partial charge on any atom is -0.459 e. The quantitative estimate of drug-likeness (QED) is 0.238. The summed E-state index contributed by atoms with van der Waals surface area (Å²) in [5.41, 5.74) is 0.0980. The molecule has 14 nitrogen and oxygen atoms in total. The first-order valence-electron chi connectivity index (χ1n) is 15.7. The van der Waals surface area contributed by atoms with Gasteiger partial charge in [-0.1, -0.05) is 36.4 Å². The Morgan fingerprint density at radius 2 is 1.83 bits per heavy atom. The summed E-state index contributed by atoms with van der Waals surface area (Å²) in [5, 5.41) is 7.32. The Morgan fingerprint density at radius 3 is 2.57 bits per heavy atom. The predicted molar refractivity (Wildman–Crippen MR) is 177 cm³/mol. The Labute approximate surface area is 273 Å². The molecule has 0 saturated carbocycles. The number of benzene rings is 2. The van der Waals surface area contributed by atoms with E-state index < -0.39 is 27.6 Å². The molecule has 4 heterocycles. The number of amides is 1. The highest BCUT2D eigenvalue weighted by atomic mass is 32.2. The molecule has 248 valence electrons. The second kappa shape index (κ2) is 13.2. The minimum atomic E-state index is -4.16. The van der Waals surface area contributed by atoms with Gasteiger partial charge in [-0.15, -0.1) is 0 Å². The molecule has 1 amide bonds. The second-order valence-corrected chi connectivity index (χ2v) is 14.4. The van der Waals surface area contributed by atoms with Crippen molar-refractivity contribution in [3.63, 3.8) is 0 Å². The molecular weight excluding hydrogens is 622 g/mol. The lowest BCUT2D eigenvalue weighted by Gasteiger charge is -2.32. The average Bonchev–Trinajstić information content (AvgIpc) is 3.46. The van der Waals surface area contributed by atoms with Crippen molar-refractivity contribution in [2.24, 2.45) is 10.9 Å². The van der Waals surface area contributed by atoms with E-state index in [9.17, 15) is 18.0 Å². The van der Waals surface area contributed by atoms with E-state index >= 15 is 0 Å². The van der Waals surface area contributed by atoms with E-state index in [0.717, 1.165) is 18.4 Å². The van der Waals surface area contributed by atoms with Crippen molar-refractivity contribution >= 4 is 55.6 Å². The Kier molecular flexibility index (Phi) is 9.10. The number of imidazole rings is 1. The first-order chi connectivity index (χ1) is 22.5. The highest BCUT2D eigenvalue weighted by molar-refractivity contribution is 7.89. The number of piperidine rings is 1. The van der Waals surface area contributed by atoms with Crippen molar-refractivity contribution in [2.45, 2.75) is 63.1 Å². The number of guanidine groups is 1. The zero-order valence-electron chi connectivity index (χ0n) is 26.6. The largest absolute Gasteiger partial charge is 0.459 e. The van der Waals surface area contributed by atoms with Gasteiger partial charge in [0.15, 0.2) is 22.9 Å². The normalized spacial score (nSPS) is 16.8. The zero-order chi connectivity index (χ0) is 33.2. The van der Waals surface area contributed by atoms with Crippen molar-refractivity contribution in [3.8, 4) is 0 Å². The van der Waals surface area contributed by atoms with Crippen molar-refractivity contribution in [1.29, 1.82) is 0 Å². The molecule has 4 aromatic rings. The summed E-state index contributed by atoms with van der Waals surface area (Å²) in [6.07, 6.45) is 5.14. The van der Waals surface area contributed by atoms with Crippen LogP contribution in [0.2, 0.25) is 0 Å². The number of esters is 1. The number of carbonyl (C=O) groups is 2. The van der Waals surface area contributed by atoms with Gasteiger partial charge >= 0.3 is 5.97 Å². The van der Waals surface area contributed by atoms with Crippen LogP contribution in [-0.4, -0.2) is 83.6 Å². The van der Waals surface area contributed by atoms with E-state index in [-0.39, 0.29) is 23.3 Å². The lowest BCUT2D eigenvalue weighted by atomic mass is 9.96. The predicted octanol–water partition coefficient (Wildman–Crippen LogP) is 2.35. The molecule has 0 spiro atoms. The van der Waals surface area contributed by atoms with Crippen LogP contribution in [0, 0.1) is 5.92 Å². The minimum absolute atomic E-state index is 0.0472. The molecule has 2 aromatic heterocycles. The summed E-state index contributed by atoms with van der Waals surface area (Å²) in [6, 6.07) is 10.9. The number of aliphatic imine (C=N–C) groups is 1. The second-order valence-electron chi connectivity index (χ2n) is 12.7. The highest BCUT2D eigenvalue weighted by Gasteiger charge is 2.33. The maximum Gasteiger partial charge on any atom is 0.326 e. The summed E-state index contributed by atoms with van der Waals surface area (Å²) in [5.74, 6) is 0.213. The number of hydrogen-bond acceptors (Lipinski definition) is 11. The van der Waals surface area contributed by atoms with Crippen LogP contribution >= 0.6 is 0 Å². The molecule has 15 heteroatoms. The molecule has 1 fully saturated rings. The molecule has 6 rings (SSSR count). The summed E-state index contributed by atoms with van der Waals surface area (Å²) in [4.78, 5) is 46.3. The number of rotatable bonds is 8. The van der Waals surface area contributed by atoms with E-state index in [1.807, 2.05) is 18.2 Å². The summed E-state index contributed by atoms with van der Waals surface area (Å²) in [7, 11) is -4.16. The van der Waals surface area contributed by atoms with Crippen molar-refractivity contribution in [2.75, 3.05) is 31.1 Å². The summed E-state index contributed by atoms with van der Waals surface area (Å²) < 4.78 is 37.4. The van der Waals surface area contributed by atoms with E-state index in [1.54, 1.807) is 43.5 Å². The molecule has 1 atom stereocenters. The fourth-order valence-electron chi connectivity index (χ4n) is 5.83. The van der Waals surface area contributed by atoms with Crippen molar-refractivity contribution in [3.05, 3.63) is 55.1 Å². The van der Waals surface area contributed by atoms with Crippen LogP contribution in [0.4, 0.5) is 5.82 Å². The molecule has 2 aliphatic heterocycles. The number of sulfonamides is 1. The van der Waals surface area contributed by atoms with Crippen LogP contribution in [0.5, 0.6) is 0 Å². The number of fused-ring (bicyclic) bond motifs is 2. The zero-order valence-corrected chi connectivity index (χ0v) is 27.5. The molecule has 0 radical (unpaired) electrons. The standard InChI is InChI=1S/C32H39N9O5S/c1-32(2,3)46-30(43)24(39-47(44,45)25-11-6-9-21-8-4-5-10-23(21)25)18-41-20-37-26-27(35-19-36-28(26)41)40-16-12-22(13-17-40)29(42)38-31-33-14-7-15-34-31/h4-6,8-11,19-20,22,24,39H,7,12-18H2,1-3H3,(H2,33,34,38,42)/t24-/m0/s1. The topological polar surface area (TPSA) is 173 Å². The first kappa shape index (κ1) is 32.3. The van der Waals surface area contributed by atoms with Gasteiger partial charge in [0.25, 0.3) is 0 Å². The van der Waals surface area contributed by atoms with Gasteiger partial charge in [-0.3, -0.25) is 19.9 Å². The number of carbonyl (C=O) groups excluding carboxylic acids is 2. The highest BCUT2D eigenvalue weighted by Crippen LogP contribution is 2.28. The molecule has 2 aromatic carbocycles. The van der Waals surface area contributed by atoms with Gasteiger partial charge in [0, 0.05) is 37.5 Å². The fourth-order valence-corrected chi connectivity index (χ4v) is 7.24. The van der Waals surface area contributed by atoms with Gasteiger partial charge < -0.3 is 19.5 Å². The molecule has 0 unspecified atom stereocenters. The van der Waals surface area contributed by atoms with Crippen LogP contribution < -0.4 is 20.3 Å². The van der Waals surface area contributed by atoms with E-state index in [1.165, 1.54) is 18.7 Å². The van der Waals surface area contributed by atoms with Gasteiger partial charge in [0.1, 0.15) is 18.0 Å². The number of ether oxygens (including phenoxy) is 1. The molecule has 0 aliphatic carbocycles. The Balaban J connectivity index is 1.22. The van der Waals surface area contributed by atoms with Crippen molar-refractivity contribution < 1.29 is 22.7 Å². The summed E-state index contributed by atoms with van der Waals surface area (Å²) in [6.45, 7) is 7.72. The maximum absolute atomic E-state index is 13.8. The monoisotopic (exact) mass is 661 g/mol. The Morgan fingerprint density at radius 1 is 1.06 bits per heavy atom. The third-order valence-electron chi connectivity index (χ3n) is 8.09. The van der Waals surface area contributed by atoms with Gasteiger partial charge in [0.05, 0.1) is 17.8 Å². The van der Waals surface area contributed by atoms with E-state index in [2.05, 4.69) is 40.2 Å². The number of hydrogen-bond donors (Lipinski definition) is 3. The Hall–Kier alpha value is -4.63. The number of anilines is 1. The summed E-state index contributed by atoms with van der Waals surface area (Å²) >= 11 is 0. The molecule has 3 N–H and O–H groups in total. The lowest BCUT2D eigenvalue weighted by Crippen LogP contribution is -2.48. The molecule has 0 bridgehead atoms. The van der Waals surface area contributed by atoms with Crippen LogP contribution in [0.1, 0.15) is 40.0 Å². The maximum atomic E-state index is 13.8. The third kappa shape index (κ3) is 7.36. The smallest absolute Gasteiger partial charge is 0.326 e. The average molecular weight is 662 g/mol. The van der Waals surface area contributed by atoms with Crippen LogP contribution in [0.3, 0.4) is 0 Å². The molecule has 1 saturated heterocycles. The number of nitrogens with one attached hydrogen (secondary N) is 3. The molecule has 2 aliphatic rings. The lowest BCUT2D eigenvalue weighted by molar-refractivity contribution is -0.157. The molecular formula is C32H39N9O5S. The van der Waals surface area contributed by atoms with E-state index in [0.29, 0.717) is 60.8 Å². The third-order valence-corrected chi connectivity index (χ3v) is 9.62. The SMILES string of the molecule is CC(C)(C)OC(=O)[C@H](Cn1cnc2c(N3CCC(C(=O)NC4=NCCCN4)CC3)ncnc21)NS(=O)(=O)c1cccc2ccccc12. The van der Waals surface area contributed by atoms with Gasteiger partial charge in [0.2, 0.25) is 15.9 Å².